The van der Waals surface area contributed by atoms with Gasteiger partial charge in [-0.3, -0.25) is 9.59 Å². The predicted molar refractivity (Wildman–Crippen MR) is 330 cm³/mol. The van der Waals surface area contributed by atoms with Crippen LogP contribution in [0.5, 0.6) is 34.5 Å². The van der Waals surface area contributed by atoms with E-state index in [2.05, 4.69) is 19.7 Å². The summed E-state index contributed by atoms with van der Waals surface area (Å²) in [4.78, 5) is 42.6. The smallest absolute Gasteiger partial charge is 0.330 e. The number of carbonyl (C=O) groups is 3. The Kier molecular flexibility index (Phi) is 29.9. The number of nitrogens with zero attached hydrogens (tertiary/aromatic N) is 3. The Bertz CT molecular complexity index is 2850. The molecule has 2 aliphatic rings. The highest BCUT2D eigenvalue weighted by Gasteiger charge is 2.30. The number of esters is 3. The van der Waals surface area contributed by atoms with Crippen LogP contribution in [0.3, 0.4) is 0 Å². The number of fused-ring (bicyclic) bond motifs is 1. The van der Waals surface area contributed by atoms with E-state index in [9.17, 15) is 14.4 Å². The zero-order valence-corrected chi connectivity index (χ0v) is 50.7. The summed E-state index contributed by atoms with van der Waals surface area (Å²) < 4.78 is 80.5. The minimum atomic E-state index is -0.486. The molecule has 0 N–H and O–H groups in total. The Balaban J connectivity index is 0.861. The van der Waals surface area contributed by atoms with Crippen molar-refractivity contribution < 1.29 is 80.7 Å². The highest BCUT2D eigenvalue weighted by molar-refractivity contribution is 7.22. The number of para-hydroxylation sites is 1. The highest BCUT2D eigenvalue weighted by Crippen LogP contribution is 2.35. The lowest BCUT2D eigenvalue weighted by Crippen LogP contribution is -2.28. The second-order valence-electron chi connectivity index (χ2n) is 20.5. The third kappa shape index (κ3) is 24.7. The van der Waals surface area contributed by atoms with Crippen LogP contribution in [0.2, 0.25) is 0 Å². The van der Waals surface area contributed by atoms with Crippen molar-refractivity contribution in [3.8, 4) is 34.5 Å². The number of carbonyl (C=O) groups excluding carboxylic acids is 3. The van der Waals surface area contributed by atoms with Gasteiger partial charge in [0.25, 0.3) is 0 Å². The molecule has 20 nitrogen and oxygen atoms in total. The number of aromatic nitrogens is 1. The van der Waals surface area contributed by atoms with E-state index in [1.54, 1.807) is 79.3 Å². The number of benzene rings is 4. The lowest BCUT2D eigenvalue weighted by atomic mass is 9.82. The monoisotopic (exact) mass is 1220 g/mol. The van der Waals surface area contributed by atoms with E-state index in [-0.39, 0.29) is 48.8 Å². The fraction of sp³-hybridized carbons (Fsp3) is 0.470. The Morgan fingerprint density at radius 3 is 1.60 bits per heavy atom. The Morgan fingerprint density at radius 1 is 0.552 bits per heavy atom. The quantitative estimate of drug-likeness (QED) is 0.00520. The zero-order chi connectivity index (χ0) is 61.1. The van der Waals surface area contributed by atoms with Crippen LogP contribution in [0.15, 0.2) is 134 Å². The van der Waals surface area contributed by atoms with Crippen LogP contribution >= 0.6 is 11.3 Å². The summed E-state index contributed by atoms with van der Waals surface area (Å²) in [5.41, 5.74) is 1.62. The maximum atomic E-state index is 13.3. The number of allylic oxidation sites excluding steroid dienone is 1. The van der Waals surface area contributed by atoms with Gasteiger partial charge in [-0.2, -0.15) is 5.10 Å². The number of ether oxygens (including phenoxy) is 14. The van der Waals surface area contributed by atoms with E-state index in [4.69, 9.17) is 76.4 Å². The van der Waals surface area contributed by atoms with Gasteiger partial charge in [-0.15, -0.1) is 0 Å². The van der Waals surface area contributed by atoms with Crippen LogP contribution in [0.4, 0.5) is 5.13 Å². The van der Waals surface area contributed by atoms with Crippen LogP contribution < -0.4 is 33.4 Å². The molecule has 4 aromatic carbocycles. The van der Waals surface area contributed by atoms with E-state index >= 15 is 0 Å². The summed E-state index contributed by atoms with van der Waals surface area (Å²) in [7, 11) is 1.64. The first-order valence-corrected chi connectivity index (χ1v) is 30.5. The Labute approximate surface area is 514 Å². The van der Waals surface area contributed by atoms with Gasteiger partial charge in [0.1, 0.15) is 66.7 Å². The minimum absolute atomic E-state index is 0.155. The van der Waals surface area contributed by atoms with Crippen LogP contribution in [0.1, 0.15) is 56.9 Å². The van der Waals surface area contributed by atoms with Crippen LogP contribution in [0, 0.1) is 23.7 Å². The molecule has 7 rings (SSSR count). The molecule has 0 spiro atoms. The molecule has 0 amide bonds. The summed E-state index contributed by atoms with van der Waals surface area (Å²) in [6, 6.07) is 27.8. The number of rotatable bonds is 42. The molecule has 0 aliphatic heterocycles. The van der Waals surface area contributed by atoms with Gasteiger partial charge in [0, 0.05) is 18.7 Å². The third-order valence-corrected chi connectivity index (χ3v) is 15.3. The topological polar surface area (TPSA) is 209 Å². The first-order valence-electron chi connectivity index (χ1n) is 29.7. The van der Waals surface area contributed by atoms with Crippen LogP contribution in [0.25, 0.3) is 10.2 Å². The van der Waals surface area contributed by atoms with Gasteiger partial charge in [-0.25, -0.2) is 14.8 Å². The molecule has 0 radical (unpaired) electrons. The second-order valence-corrected chi connectivity index (χ2v) is 21.5. The highest BCUT2D eigenvalue weighted by atomic mass is 32.1. The van der Waals surface area contributed by atoms with Crippen molar-refractivity contribution >= 4 is 50.8 Å². The predicted octanol–water partition coefficient (Wildman–Crippen LogP) is 10.7. The first-order chi connectivity index (χ1) is 42.7. The molecular formula is C66H83N3O17S. The average molecular weight is 1220 g/mol. The maximum Gasteiger partial charge on any atom is 0.330 e. The molecule has 21 heteroatoms. The SMILES string of the molecule is C=CC(=C)OCCOCCOCCOc1ccc(OC(=O)C2CCC(COc3ccc(OCC4CCC(C(=O)Oc5ccc(OCCOCCOCCOC(=O)C=C)cc5)CC4)c(/C=N/N(CCOCCOC)c4nc5ccccc5s4)c3)CC2)cc1. The van der Waals surface area contributed by atoms with Gasteiger partial charge in [0.2, 0.25) is 5.13 Å². The molecule has 0 atom stereocenters. The molecule has 2 aliphatic carbocycles. The summed E-state index contributed by atoms with van der Waals surface area (Å²) in [5, 5.41) is 7.57. The largest absolute Gasteiger partial charge is 0.493 e. The van der Waals surface area contributed by atoms with E-state index < -0.39 is 5.97 Å². The van der Waals surface area contributed by atoms with E-state index in [0.717, 1.165) is 52.7 Å². The molecule has 1 aromatic heterocycles. The fourth-order valence-electron chi connectivity index (χ4n) is 9.34. The molecule has 5 aromatic rings. The molecule has 1 heterocycles. The van der Waals surface area contributed by atoms with Crippen LogP contribution in [-0.4, -0.2) is 155 Å². The Morgan fingerprint density at radius 2 is 1.05 bits per heavy atom. The number of thiazole rings is 1. The molecule has 2 fully saturated rings. The third-order valence-electron chi connectivity index (χ3n) is 14.2. The summed E-state index contributed by atoms with van der Waals surface area (Å²) in [5.74, 6) is 3.12. The summed E-state index contributed by atoms with van der Waals surface area (Å²) >= 11 is 1.55. The number of hydrazone groups is 1. The van der Waals surface area contributed by atoms with Gasteiger partial charge in [0.15, 0.2) is 0 Å². The van der Waals surface area contributed by atoms with E-state index in [0.29, 0.717) is 172 Å². The van der Waals surface area contributed by atoms with Gasteiger partial charge in [-0.05, 0) is 148 Å². The molecule has 470 valence electrons. The second kappa shape index (κ2) is 38.7. The summed E-state index contributed by atoms with van der Waals surface area (Å²) in [6.45, 7) is 17.7. The number of hydrogen-bond acceptors (Lipinski definition) is 21. The van der Waals surface area contributed by atoms with Crippen molar-refractivity contribution in [2.24, 2.45) is 28.8 Å². The number of methoxy groups -OCH3 is 1. The summed E-state index contributed by atoms with van der Waals surface area (Å²) in [6.07, 6.45) is 10.4. The average Bonchev–Trinajstić information content (AvgIpc) is 3.12. The zero-order valence-electron chi connectivity index (χ0n) is 49.9. The van der Waals surface area contributed by atoms with E-state index in [1.807, 2.05) is 47.5 Å². The van der Waals surface area contributed by atoms with Crippen molar-refractivity contribution in [1.29, 1.82) is 0 Å². The molecule has 0 saturated heterocycles. The van der Waals surface area contributed by atoms with Crippen molar-refractivity contribution in [1.82, 2.24) is 4.98 Å². The molecule has 2 saturated carbocycles. The maximum absolute atomic E-state index is 13.3. The Hall–Kier alpha value is -7.37. The lowest BCUT2D eigenvalue weighted by molar-refractivity contribution is -0.141. The van der Waals surface area contributed by atoms with Gasteiger partial charge < -0.3 is 66.3 Å². The van der Waals surface area contributed by atoms with Crippen LogP contribution in [-0.2, 0) is 52.3 Å². The van der Waals surface area contributed by atoms with Gasteiger partial charge in [-0.1, -0.05) is 43.2 Å². The fourth-order valence-corrected chi connectivity index (χ4v) is 10.3. The van der Waals surface area contributed by atoms with Crippen molar-refractivity contribution in [2.75, 3.05) is 131 Å². The normalized spacial score (nSPS) is 16.6. The van der Waals surface area contributed by atoms with Crippen molar-refractivity contribution in [3.05, 3.63) is 134 Å². The number of hydrogen-bond donors (Lipinski definition) is 0. The van der Waals surface area contributed by atoms with Crippen molar-refractivity contribution in [2.45, 2.75) is 51.4 Å². The van der Waals surface area contributed by atoms with Gasteiger partial charge in [0.05, 0.1) is 121 Å². The number of anilines is 1. The molecule has 0 bridgehead atoms. The lowest BCUT2D eigenvalue weighted by Gasteiger charge is -2.28. The van der Waals surface area contributed by atoms with Crippen molar-refractivity contribution in [3.63, 3.8) is 0 Å². The molecule has 0 unspecified atom stereocenters. The minimum Gasteiger partial charge on any atom is -0.493 e. The first kappa shape index (κ1) is 67.1. The van der Waals surface area contributed by atoms with Gasteiger partial charge >= 0.3 is 17.9 Å². The molecule has 87 heavy (non-hydrogen) atoms. The molecular weight excluding hydrogens is 1140 g/mol. The van der Waals surface area contributed by atoms with E-state index in [1.165, 1.54) is 0 Å². The standard InChI is InChI=1S/C66H83N3O17S/c1-5-49(3)79-41-37-75-33-34-76-38-42-80-55-19-23-57(24-20-55)85-64(71)52-15-11-50(12-16-52)47-83-59-27-28-61(54(45-59)46-67-69(29-30-74-32-31-73-4)66-68-60-9-7-8-10-62(60)87-66)84-48-51-13-17-53(18-14-51)65(72)86-58-25-21-56(22-26-58)81-43-39-77-35-36-78-40-44-82-63(70)6-2/h5-10,19-28,45-46,50-53H,1-3,11-18,29-44,47-48H2,4H3/b67-46+.